The van der Waals surface area contributed by atoms with Crippen molar-refractivity contribution < 1.29 is 18.1 Å². The highest BCUT2D eigenvalue weighted by molar-refractivity contribution is 7.89. The Morgan fingerprint density at radius 3 is 2.26 bits per heavy atom. The van der Waals surface area contributed by atoms with Crippen molar-refractivity contribution in [3.63, 3.8) is 0 Å². The van der Waals surface area contributed by atoms with E-state index in [0.717, 1.165) is 4.90 Å². The molecule has 0 spiro atoms. The summed E-state index contributed by atoms with van der Waals surface area (Å²) in [7, 11) is -3.48. The molecule has 3 rings (SSSR count). The highest BCUT2D eigenvalue weighted by Crippen LogP contribution is 2.15. The van der Waals surface area contributed by atoms with Gasteiger partial charge in [0, 0.05) is 10.7 Å². The minimum atomic E-state index is -3.48. The predicted octanol–water partition coefficient (Wildman–Crippen LogP) is 1.26. The first-order chi connectivity index (χ1) is 12.9. The summed E-state index contributed by atoms with van der Waals surface area (Å²) in [6, 6.07) is 15.1. The molecule has 1 saturated heterocycles. The monoisotopic (exact) mass is 408 g/mol. The van der Waals surface area contributed by atoms with Gasteiger partial charge >= 0.3 is 0 Å². The lowest BCUT2D eigenvalue weighted by Gasteiger charge is -2.34. The summed E-state index contributed by atoms with van der Waals surface area (Å²) in [6.45, 7) is 3.82. The lowest BCUT2D eigenvalue weighted by molar-refractivity contribution is -0.917. The summed E-state index contributed by atoms with van der Waals surface area (Å²) < 4.78 is 26.9. The SMILES string of the molecule is C[C@@H](C(=O)Nc1ccc(Cl)cc1)[NH+]1CCN(S(=O)(=O)c2ccccc2)CC1. The Morgan fingerprint density at radius 1 is 1.07 bits per heavy atom. The molecule has 2 N–H and O–H groups in total. The van der Waals surface area contributed by atoms with Crippen molar-refractivity contribution in [2.45, 2.75) is 17.9 Å². The van der Waals surface area contributed by atoms with Gasteiger partial charge in [-0.1, -0.05) is 29.8 Å². The van der Waals surface area contributed by atoms with Crippen LogP contribution < -0.4 is 10.2 Å². The van der Waals surface area contributed by atoms with Crippen molar-refractivity contribution in [2.75, 3.05) is 31.5 Å². The zero-order valence-corrected chi connectivity index (χ0v) is 16.6. The Labute approximate surface area is 164 Å². The van der Waals surface area contributed by atoms with Crippen LogP contribution in [0.5, 0.6) is 0 Å². The molecule has 0 aromatic heterocycles. The minimum absolute atomic E-state index is 0.0910. The van der Waals surface area contributed by atoms with Crippen molar-refractivity contribution >= 4 is 33.2 Å². The maximum Gasteiger partial charge on any atom is 0.282 e. The summed E-state index contributed by atoms with van der Waals surface area (Å²) >= 11 is 5.86. The predicted molar refractivity (Wildman–Crippen MR) is 105 cm³/mol. The van der Waals surface area contributed by atoms with Crippen LogP contribution in [0.25, 0.3) is 0 Å². The normalized spacial score (nSPS) is 17.4. The second-order valence-electron chi connectivity index (χ2n) is 6.59. The van der Waals surface area contributed by atoms with Crippen molar-refractivity contribution in [1.29, 1.82) is 0 Å². The van der Waals surface area contributed by atoms with E-state index in [-0.39, 0.29) is 11.9 Å². The molecular weight excluding hydrogens is 386 g/mol. The number of carbonyl (C=O) groups is 1. The zero-order chi connectivity index (χ0) is 19.4. The van der Waals surface area contributed by atoms with Gasteiger partial charge in [-0.2, -0.15) is 4.31 Å². The van der Waals surface area contributed by atoms with Gasteiger partial charge in [0.05, 0.1) is 31.1 Å². The molecule has 8 heteroatoms. The Balaban J connectivity index is 1.58. The number of piperazine rings is 1. The molecule has 0 saturated carbocycles. The molecule has 2 aromatic rings. The third kappa shape index (κ3) is 4.68. The second kappa shape index (κ2) is 8.39. The first kappa shape index (κ1) is 19.8. The number of sulfonamides is 1. The number of halogens is 1. The number of nitrogens with one attached hydrogen (secondary N) is 2. The summed E-state index contributed by atoms with van der Waals surface area (Å²) in [5.41, 5.74) is 0.695. The minimum Gasteiger partial charge on any atom is -0.323 e. The molecule has 1 aliphatic heterocycles. The van der Waals surface area contributed by atoms with Gasteiger partial charge in [0.15, 0.2) is 6.04 Å². The highest BCUT2D eigenvalue weighted by Gasteiger charge is 2.34. The van der Waals surface area contributed by atoms with E-state index in [1.807, 2.05) is 6.92 Å². The Kier molecular flexibility index (Phi) is 6.16. The zero-order valence-electron chi connectivity index (χ0n) is 15.1. The largest absolute Gasteiger partial charge is 0.323 e. The molecule has 2 aromatic carbocycles. The molecular formula is C19H23ClN3O3S+. The van der Waals surface area contributed by atoms with Crippen LogP contribution in [-0.2, 0) is 14.8 Å². The Bertz CT molecular complexity index is 880. The van der Waals surface area contributed by atoms with E-state index in [9.17, 15) is 13.2 Å². The number of carbonyl (C=O) groups excluding carboxylic acids is 1. The molecule has 0 aliphatic carbocycles. The number of benzene rings is 2. The fraction of sp³-hybridized carbons (Fsp3) is 0.316. The number of amides is 1. The molecule has 0 unspecified atom stereocenters. The van der Waals surface area contributed by atoms with Gasteiger partial charge in [-0.15, -0.1) is 0 Å². The van der Waals surface area contributed by atoms with Crippen LogP contribution in [0.15, 0.2) is 59.5 Å². The van der Waals surface area contributed by atoms with Gasteiger partial charge in [-0.3, -0.25) is 4.79 Å². The molecule has 1 heterocycles. The average Bonchev–Trinajstić information content (AvgIpc) is 2.70. The second-order valence-corrected chi connectivity index (χ2v) is 8.97. The van der Waals surface area contributed by atoms with Crippen molar-refractivity contribution in [3.05, 3.63) is 59.6 Å². The summed E-state index contributed by atoms with van der Waals surface area (Å²) in [5.74, 6) is -0.0910. The number of hydrogen-bond acceptors (Lipinski definition) is 3. The molecule has 1 aliphatic rings. The van der Waals surface area contributed by atoms with Gasteiger partial charge in [0.2, 0.25) is 10.0 Å². The quantitative estimate of drug-likeness (QED) is 0.782. The van der Waals surface area contributed by atoms with Crippen LogP contribution in [0.4, 0.5) is 5.69 Å². The van der Waals surface area contributed by atoms with E-state index in [1.165, 1.54) is 4.31 Å². The number of quaternary nitrogens is 1. The fourth-order valence-corrected chi connectivity index (χ4v) is 4.75. The van der Waals surface area contributed by atoms with Crippen LogP contribution in [0.3, 0.4) is 0 Å². The molecule has 1 fully saturated rings. The van der Waals surface area contributed by atoms with E-state index < -0.39 is 10.0 Å². The molecule has 0 radical (unpaired) electrons. The highest BCUT2D eigenvalue weighted by atomic mass is 35.5. The van der Waals surface area contributed by atoms with E-state index >= 15 is 0 Å². The van der Waals surface area contributed by atoms with Crippen LogP contribution in [0.1, 0.15) is 6.92 Å². The van der Waals surface area contributed by atoms with Crippen LogP contribution in [-0.4, -0.2) is 50.9 Å². The van der Waals surface area contributed by atoms with E-state index in [0.29, 0.717) is 41.8 Å². The molecule has 144 valence electrons. The number of hydrogen-bond donors (Lipinski definition) is 2. The van der Waals surface area contributed by atoms with Crippen molar-refractivity contribution in [1.82, 2.24) is 4.31 Å². The summed E-state index contributed by atoms with van der Waals surface area (Å²) in [5, 5.41) is 3.50. The first-order valence-corrected chi connectivity index (χ1v) is 10.7. The lowest BCUT2D eigenvalue weighted by Crippen LogP contribution is -3.19. The standard InChI is InChI=1S/C19H22ClN3O3S/c1-15(19(24)21-17-9-7-16(20)8-10-17)22-11-13-23(14-12-22)27(25,26)18-5-3-2-4-6-18/h2-10,15H,11-14H2,1H3,(H,21,24)/p+1/t15-/m0/s1. The lowest BCUT2D eigenvalue weighted by atomic mass is 10.2. The van der Waals surface area contributed by atoms with Gasteiger partial charge in [0.1, 0.15) is 0 Å². The van der Waals surface area contributed by atoms with Crippen molar-refractivity contribution in [2.24, 2.45) is 0 Å². The maximum atomic E-state index is 12.7. The first-order valence-electron chi connectivity index (χ1n) is 8.84. The third-order valence-corrected chi connectivity index (χ3v) is 7.03. The Morgan fingerprint density at radius 2 is 1.67 bits per heavy atom. The summed E-state index contributed by atoms with van der Waals surface area (Å²) in [4.78, 5) is 13.9. The third-order valence-electron chi connectivity index (χ3n) is 4.86. The van der Waals surface area contributed by atoms with E-state index in [2.05, 4.69) is 5.32 Å². The number of nitrogens with zero attached hydrogens (tertiary/aromatic N) is 1. The van der Waals surface area contributed by atoms with Crippen LogP contribution >= 0.6 is 11.6 Å². The van der Waals surface area contributed by atoms with Gasteiger partial charge in [-0.05, 0) is 43.3 Å². The molecule has 6 nitrogen and oxygen atoms in total. The van der Waals surface area contributed by atoms with E-state index in [1.54, 1.807) is 54.6 Å². The van der Waals surface area contributed by atoms with Crippen LogP contribution in [0.2, 0.25) is 5.02 Å². The van der Waals surface area contributed by atoms with Crippen molar-refractivity contribution in [3.8, 4) is 0 Å². The molecule has 1 amide bonds. The molecule has 0 bridgehead atoms. The Hall–Kier alpha value is -1.93. The molecule has 1 atom stereocenters. The van der Waals surface area contributed by atoms with Gasteiger partial charge < -0.3 is 10.2 Å². The van der Waals surface area contributed by atoms with Gasteiger partial charge in [0.25, 0.3) is 5.91 Å². The fourth-order valence-electron chi connectivity index (χ4n) is 3.16. The molecule has 27 heavy (non-hydrogen) atoms. The van der Waals surface area contributed by atoms with E-state index in [4.69, 9.17) is 11.6 Å². The van der Waals surface area contributed by atoms with Crippen LogP contribution in [0, 0.1) is 0 Å². The number of anilines is 1. The number of rotatable bonds is 5. The topological polar surface area (TPSA) is 70.9 Å². The summed E-state index contributed by atoms with van der Waals surface area (Å²) in [6.07, 6.45) is 0. The maximum absolute atomic E-state index is 12.7. The smallest absolute Gasteiger partial charge is 0.282 e. The van der Waals surface area contributed by atoms with Gasteiger partial charge in [-0.25, -0.2) is 8.42 Å². The average molecular weight is 409 g/mol.